The van der Waals surface area contributed by atoms with Crippen molar-refractivity contribution in [1.82, 2.24) is 15.1 Å². The average molecular weight is 421 g/mol. The lowest BCUT2D eigenvalue weighted by Crippen LogP contribution is -2.44. The van der Waals surface area contributed by atoms with Gasteiger partial charge < -0.3 is 19.9 Å². The number of nitrogens with zero attached hydrogens (tertiary/aromatic N) is 2. The molecule has 2 atom stereocenters. The Morgan fingerprint density at radius 3 is 2.62 bits per heavy atom. The van der Waals surface area contributed by atoms with Gasteiger partial charge in [0.25, 0.3) is 5.91 Å². The number of piperazine rings is 1. The quantitative estimate of drug-likeness (QED) is 0.759. The number of carbonyl (C=O) groups excluding carboxylic acids is 1. The van der Waals surface area contributed by atoms with Crippen LogP contribution in [0, 0.1) is 11.6 Å². The number of ether oxygens (including phenoxy) is 1. The normalized spacial score (nSPS) is 21.8. The number of methoxy groups -OCH3 is 1. The highest BCUT2D eigenvalue weighted by molar-refractivity contribution is 7.51. The Labute approximate surface area is 171 Å². The maximum atomic E-state index is 13.9. The molecular formula is C21H26F2N3O2P. The molecule has 1 aromatic rings. The zero-order chi connectivity index (χ0) is 21.0. The maximum Gasteiger partial charge on any atom is 0.252 e. The zero-order valence-corrected chi connectivity index (χ0v) is 17.8. The van der Waals surface area contributed by atoms with E-state index in [0.717, 1.165) is 37.9 Å². The van der Waals surface area contributed by atoms with Gasteiger partial charge in [-0.05, 0) is 29.1 Å². The van der Waals surface area contributed by atoms with Gasteiger partial charge in [0.2, 0.25) is 5.82 Å². The lowest BCUT2D eigenvalue weighted by atomic mass is 10.1. The molecule has 8 heteroatoms. The van der Waals surface area contributed by atoms with Crippen LogP contribution in [0.2, 0.25) is 0 Å². The Kier molecular flexibility index (Phi) is 7.04. The molecule has 1 amide bonds. The molecule has 0 radical (unpaired) electrons. The van der Waals surface area contributed by atoms with Gasteiger partial charge in [0.1, 0.15) is 0 Å². The highest BCUT2D eigenvalue weighted by atomic mass is 31.1. The summed E-state index contributed by atoms with van der Waals surface area (Å²) in [6.45, 7) is 7.65. The van der Waals surface area contributed by atoms with E-state index < -0.39 is 11.6 Å². The Hall–Kier alpha value is -2.24. The minimum Gasteiger partial charge on any atom is -0.494 e. The fraction of sp³-hybridized carbons (Fsp3) is 0.381. The third-order valence-corrected chi connectivity index (χ3v) is 6.36. The molecule has 1 N–H and O–H groups in total. The van der Waals surface area contributed by atoms with Crippen molar-refractivity contribution in [3.8, 4) is 5.75 Å². The molecule has 1 saturated heterocycles. The van der Waals surface area contributed by atoms with Gasteiger partial charge in [-0.25, -0.2) is 4.39 Å². The third kappa shape index (κ3) is 4.51. The van der Waals surface area contributed by atoms with Gasteiger partial charge >= 0.3 is 0 Å². The minimum atomic E-state index is -1.02. The first-order chi connectivity index (χ1) is 14.1. The van der Waals surface area contributed by atoms with E-state index >= 15 is 0 Å². The molecule has 1 aromatic carbocycles. The Morgan fingerprint density at radius 1 is 1.21 bits per heavy atom. The summed E-state index contributed by atoms with van der Waals surface area (Å²) in [5.41, 5.74) is 1.50. The summed E-state index contributed by atoms with van der Waals surface area (Å²) in [5.74, 6) is -2.43. The first-order valence-corrected chi connectivity index (χ1v) is 10.8. The van der Waals surface area contributed by atoms with E-state index in [1.54, 1.807) is 4.90 Å². The van der Waals surface area contributed by atoms with E-state index in [9.17, 15) is 13.6 Å². The summed E-state index contributed by atoms with van der Waals surface area (Å²) in [6.07, 6.45) is 7.45. The fourth-order valence-electron chi connectivity index (χ4n) is 3.41. The molecule has 156 valence electrons. The van der Waals surface area contributed by atoms with Crippen molar-refractivity contribution in [3.05, 3.63) is 59.5 Å². The molecule has 0 bridgehead atoms. The first kappa shape index (κ1) is 21.5. The van der Waals surface area contributed by atoms with E-state index in [2.05, 4.69) is 10.2 Å². The van der Waals surface area contributed by atoms with Crippen LogP contribution in [0.4, 0.5) is 8.78 Å². The van der Waals surface area contributed by atoms with Crippen LogP contribution in [0.3, 0.4) is 0 Å². The van der Waals surface area contributed by atoms with Crippen molar-refractivity contribution in [1.29, 1.82) is 0 Å². The van der Waals surface area contributed by atoms with Crippen LogP contribution in [0.25, 0.3) is 5.31 Å². The van der Waals surface area contributed by atoms with E-state index in [0.29, 0.717) is 10.9 Å². The number of hydrogen-bond donors (Lipinski definition) is 1. The molecule has 0 saturated carbocycles. The zero-order valence-electron chi connectivity index (χ0n) is 16.8. The molecule has 0 spiro atoms. The van der Waals surface area contributed by atoms with Crippen molar-refractivity contribution in [2.75, 3.05) is 33.3 Å². The van der Waals surface area contributed by atoms with Crippen LogP contribution in [-0.4, -0.2) is 54.8 Å². The molecule has 0 aliphatic carbocycles. The van der Waals surface area contributed by atoms with Crippen LogP contribution in [-0.2, 0) is 4.79 Å². The van der Waals surface area contributed by atoms with E-state index in [-0.39, 0.29) is 26.0 Å². The van der Waals surface area contributed by atoms with Crippen molar-refractivity contribution < 1.29 is 18.3 Å². The van der Waals surface area contributed by atoms with Crippen LogP contribution in [0.5, 0.6) is 5.75 Å². The first-order valence-electron chi connectivity index (χ1n) is 9.76. The molecule has 3 aliphatic heterocycles. The van der Waals surface area contributed by atoms with Gasteiger partial charge in [-0.15, -0.1) is 0 Å². The second kappa shape index (κ2) is 9.51. The summed E-state index contributed by atoms with van der Waals surface area (Å²) in [6, 6.07) is 2.56. The van der Waals surface area contributed by atoms with Gasteiger partial charge in [-0.2, -0.15) is 4.39 Å². The number of allylic oxidation sites excluding steroid dienone is 1. The molecule has 1 fully saturated rings. The van der Waals surface area contributed by atoms with E-state index in [1.165, 1.54) is 19.3 Å². The topological polar surface area (TPSA) is 44.8 Å². The summed E-state index contributed by atoms with van der Waals surface area (Å²) in [7, 11) is 1.52. The fourth-order valence-corrected chi connectivity index (χ4v) is 4.78. The average Bonchev–Trinajstić information content (AvgIpc) is 2.77. The number of halogens is 2. The summed E-state index contributed by atoms with van der Waals surface area (Å²) in [4.78, 5) is 16.7. The molecule has 29 heavy (non-hydrogen) atoms. The van der Waals surface area contributed by atoms with Crippen molar-refractivity contribution >= 4 is 19.8 Å². The second-order valence-electron chi connectivity index (χ2n) is 6.52. The van der Waals surface area contributed by atoms with Gasteiger partial charge in [0.05, 0.1) is 18.6 Å². The molecular weight excluding hydrogens is 395 g/mol. The molecule has 0 aromatic heterocycles. The van der Waals surface area contributed by atoms with Gasteiger partial charge in [0.15, 0.2) is 11.6 Å². The van der Waals surface area contributed by atoms with Crippen molar-refractivity contribution in [2.45, 2.75) is 19.6 Å². The molecule has 5 nitrogen and oxygen atoms in total. The molecule has 2 unspecified atom stereocenters. The van der Waals surface area contributed by atoms with Gasteiger partial charge in [-0.1, -0.05) is 28.5 Å². The van der Waals surface area contributed by atoms with Crippen LogP contribution in [0.15, 0.2) is 42.3 Å². The number of amides is 1. The number of carbonyl (C=O) groups is 1. The van der Waals surface area contributed by atoms with Crippen LogP contribution in [0.1, 0.15) is 19.4 Å². The number of nitrogens with one attached hydrogen (secondary N) is 1. The lowest BCUT2D eigenvalue weighted by Gasteiger charge is -2.37. The predicted octanol–water partition coefficient (Wildman–Crippen LogP) is 3.50. The lowest BCUT2D eigenvalue weighted by molar-refractivity contribution is -0.123. The molecule has 4 rings (SSSR count). The molecule has 3 heterocycles. The second-order valence-corrected chi connectivity index (χ2v) is 7.94. The van der Waals surface area contributed by atoms with Gasteiger partial charge in [0, 0.05) is 38.5 Å². The summed E-state index contributed by atoms with van der Waals surface area (Å²) >= 11 is 0. The third-order valence-electron chi connectivity index (χ3n) is 4.85. The molecule has 3 aliphatic rings. The summed E-state index contributed by atoms with van der Waals surface area (Å²) < 4.78 is 32.5. The Morgan fingerprint density at radius 2 is 1.93 bits per heavy atom. The highest BCUT2D eigenvalue weighted by Crippen LogP contribution is 2.45. The number of fused-ring (bicyclic) bond motifs is 1. The Bertz CT molecular complexity index is 864. The maximum absolute atomic E-state index is 13.9. The monoisotopic (exact) mass is 421 g/mol. The van der Waals surface area contributed by atoms with Crippen molar-refractivity contribution in [3.63, 3.8) is 0 Å². The minimum absolute atomic E-state index is 0.108. The highest BCUT2D eigenvalue weighted by Gasteiger charge is 2.30. The van der Waals surface area contributed by atoms with Crippen LogP contribution < -0.4 is 10.1 Å². The van der Waals surface area contributed by atoms with Gasteiger partial charge in [-0.3, -0.25) is 4.79 Å². The largest absolute Gasteiger partial charge is 0.494 e. The SMILES string of the molecule is CC.COc1cc(C2=CC(=O)N3C=C(N4CCNCC4)C=CC3P2)cc(F)c1F. The van der Waals surface area contributed by atoms with Crippen molar-refractivity contribution in [2.24, 2.45) is 0 Å². The standard InChI is InChI=1S/C19H20F2N3O2P.C2H6/c1-26-15-9-12(8-14(20)19(15)21)16-10-17(25)24-11-13(2-3-18(24)27-16)23-6-4-22-5-7-23;1-2/h2-3,8-11,18,22,27H,4-7H2,1H3;1-2H3. The number of rotatable bonds is 3. The smallest absolute Gasteiger partial charge is 0.252 e. The van der Waals surface area contributed by atoms with E-state index in [4.69, 9.17) is 4.74 Å². The Balaban J connectivity index is 0.00000117. The summed E-state index contributed by atoms with van der Waals surface area (Å²) in [5, 5.41) is 4.01. The van der Waals surface area contributed by atoms with Crippen LogP contribution >= 0.6 is 8.58 Å². The number of hydrogen-bond acceptors (Lipinski definition) is 4. The number of benzene rings is 1. The predicted molar refractivity (Wildman–Crippen MR) is 113 cm³/mol. The van der Waals surface area contributed by atoms with E-state index in [1.807, 2.05) is 32.2 Å².